The number of halogens is 1. The minimum absolute atomic E-state index is 0.345. The largest absolute Gasteiger partial charge is 0.496 e. The van der Waals surface area contributed by atoms with Gasteiger partial charge in [-0.2, -0.15) is 5.10 Å². The van der Waals surface area contributed by atoms with Crippen LogP contribution in [0.15, 0.2) is 42.6 Å². The molecule has 0 saturated carbocycles. The van der Waals surface area contributed by atoms with E-state index in [-0.39, 0.29) is 5.82 Å². The molecule has 0 spiro atoms. The molecule has 0 amide bonds. The zero-order valence-corrected chi connectivity index (χ0v) is 13.9. The molecule has 0 aliphatic heterocycles. The monoisotopic (exact) mass is 339 g/mol. The van der Waals surface area contributed by atoms with Crippen molar-refractivity contribution < 1.29 is 9.13 Å². The second-order valence-corrected chi connectivity index (χ2v) is 6.70. The van der Waals surface area contributed by atoms with E-state index in [1.54, 1.807) is 23.6 Å². The first-order valence-electron chi connectivity index (χ1n) is 7.41. The lowest BCUT2D eigenvalue weighted by molar-refractivity contribution is 0.413. The summed E-state index contributed by atoms with van der Waals surface area (Å²) >= 11 is 1.71. The zero-order chi connectivity index (χ0) is 16.7. The number of hydrogen-bond donors (Lipinski definition) is 1. The molecular formula is C18H14FN3OS. The molecule has 0 bridgehead atoms. The second kappa shape index (κ2) is 5.72. The summed E-state index contributed by atoms with van der Waals surface area (Å²) in [6.45, 7) is 2.08. The van der Waals surface area contributed by atoms with Crippen LogP contribution in [0.3, 0.4) is 0 Å². The van der Waals surface area contributed by atoms with Gasteiger partial charge in [0.2, 0.25) is 0 Å². The molecule has 0 aliphatic carbocycles. The number of H-pyrrole nitrogens is 1. The van der Waals surface area contributed by atoms with Crippen LogP contribution in [0.4, 0.5) is 4.39 Å². The standard InChI is InChI=1S/C18H14FN3OS/c1-10-3-6-15(24-10)13-7-8-20-18-16(13)17(21-22-18)12-5-4-11(19)9-14(12)23-2/h3-9H,1-2H3,(H,20,21,22). The molecule has 6 heteroatoms. The number of nitrogens with one attached hydrogen (secondary N) is 1. The van der Waals surface area contributed by atoms with Crippen molar-refractivity contribution in [2.24, 2.45) is 0 Å². The van der Waals surface area contributed by atoms with Gasteiger partial charge in [0.1, 0.15) is 17.3 Å². The quantitative estimate of drug-likeness (QED) is 0.583. The van der Waals surface area contributed by atoms with Crippen LogP contribution in [0.25, 0.3) is 32.7 Å². The molecule has 0 unspecified atom stereocenters. The number of hydrogen-bond acceptors (Lipinski definition) is 4. The lowest BCUT2D eigenvalue weighted by Gasteiger charge is -2.08. The summed E-state index contributed by atoms with van der Waals surface area (Å²) in [5.74, 6) is 0.100. The number of pyridine rings is 1. The third kappa shape index (κ3) is 2.35. The van der Waals surface area contributed by atoms with Crippen molar-refractivity contribution in [3.05, 3.63) is 53.3 Å². The lowest BCUT2D eigenvalue weighted by Crippen LogP contribution is -1.90. The van der Waals surface area contributed by atoms with Gasteiger partial charge < -0.3 is 4.74 Å². The fraction of sp³-hybridized carbons (Fsp3) is 0.111. The lowest BCUT2D eigenvalue weighted by atomic mass is 10.0. The molecule has 0 fully saturated rings. The smallest absolute Gasteiger partial charge is 0.156 e. The van der Waals surface area contributed by atoms with Crippen molar-refractivity contribution >= 4 is 22.4 Å². The van der Waals surface area contributed by atoms with Gasteiger partial charge in [-0.3, -0.25) is 5.10 Å². The first-order valence-corrected chi connectivity index (χ1v) is 8.23. The van der Waals surface area contributed by atoms with E-state index in [1.165, 1.54) is 24.1 Å². The van der Waals surface area contributed by atoms with Gasteiger partial charge in [-0.25, -0.2) is 9.37 Å². The van der Waals surface area contributed by atoms with Gasteiger partial charge >= 0.3 is 0 Å². The number of methoxy groups -OCH3 is 1. The van der Waals surface area contributed by atoms with Gasteiger partial charge in [-0.1, -0.05) is 0 Å². The number of aromatic amines is 1. The Morgan fingerprint density at radius 3 is 2.75 bits per heavy atom. The maximum atomic E-state index is 13.5. The predicted octanol–water partition coefficient (Wildman–Crippen LogP) is 4.81. The van der Waals surface area contributed by atoms with Crippen LogP contribution >= 0.6 is 11.3 Å². The van der Waals surface area contributed by atoms with Crippen molar-refractivity contribution in [2.45, 2.75) is 6.92 Å². The molecule has 4 nitrogen and oxygen atoms in total. The highest BCUT2D eigenvalue weighted by Gasteiger charge is 2.18. The fourth-order valence-electron chi connectivity index (χ4n) is 2.79. The molecule has 3 aromatic heterocycles. The normalized spacial score (nSPS) is 11.1. The number of nitrogens with zero attached hydrogens (tertiary/aromatic N) is 2. The van der Waals surface area contributed by atoms with Crippen molar-refractivity contribution in [1.29, 1.82) is 0 Å². The molecule has 3 heterocycles. The van der Waals surface area contributed by atoms with Crippen LogP contribution in [0.1, 0.15) is 4.88 Å². The first-order chi connectivity index (χ1) is 11.7. The minimum atomic E-state index is -0.345. The maximum Gasteiger partial charge on any atom is 0.156 e. The topological polar surface area (TPSA) is 50.8 Å². The number of rotatable bonds is 3. The highest BCUT2D eigenvalue weighted by Crippen LogP contribution is 2.39. The third-order valence-electron chi connectivity index (χ3n) is 3.89. The van der Waals surface area contributed by atoms with Crippen LogP contribution in [-0.2, 0) is 0 Å². The summed E-state index contributed by atoms with van der Waals surface area (Å²) in [5, 5.41) is 8.28. The molecule has 120 valence electrons. The second-order valence-electron chi connectivity index (χ2n) is 5.41. The van der Waals surface area contributed by atoms with Crippen LogP contribution < -0.4 is 4.74 Å². The number of aryl methyl sites for hydroxylation is 1. The first kappa shape index (κ1) is 14.8. The minimum Gasteiger partial charge on any atom is -0.496 e. The van der Waals surface area contributed by atoms with Crippen LogP contribution in [0.5, 0.6) is 5.75 Å². The molecule has 0 aliphatic rings. The third-order valence-corrected chi connectivity index (χ3v) is 4.92. The summed E-state index contributed by atoms with van der Waals surface area (Å²) in [6, 6.07) is 10.6. The van der Waals surface area contributed by atoms with E-state index in [4.69, 9.17) is 4.74 Å². The SMILES string of the molecule is COc1cc(F)ccc1-c1n[nH]c2nccc(-c3ccc(C)s3)c12. The maximum absolute atomic E-state index is 13.5. The number of ether oxygens (including phenoxy) is 1. The summed E-state index contributed by atoms with van der Waals surface area (Å²) < 4.78 is 18.9. The number of thiophene rings is 1. The Morgan fingerprint density at radius 2 is 2.00 bits per heavy atom. The number of aromatic nitrogens is 3. The molecule has 0 atom stereocenters. The van der Waals surface area contributed by atoms with E-state index < -0.39 is 0 Å². The van der Waals surface area contributed by atoms with Crippen molar-refractivity contribution in [2.75, 3.05) is 7.11 Å². The Labute approximate surface area is 141 Å². The number of benzene rings is 1. The van der Waals surface area contributed by atoms with Gasteiger partial charge in [0.15, 0.2) is 5.65 Å². The molecule has 0 saturated heterocycles. The van der Waals surface area contributed by atoms with E-state index in [0.29, 0.717) is 17.1 Å². The zero-order valence-electron chi connectivity index (χ0n) is 13.1. The Kier molecular flexibility index (Phi) is 3.54. The summed E-state index contributed by atoms with van der Waals surface area (Å²) in [6.07, 6.45) is 1.76. The van der Waals surface area contributed by atoms with Crippen molar-refractivity contribution in [1.82, 2.24) is 15.2 Å². The van der Waals surface area contributed by atoms with Gasteiger partial charge in [-0.05, 0) is 37.3 Å². The summed E-state index contributed by atoms with van der Waals surface area (Å²) in [5.41, 5.74) is 3.18. The van der Waals surface area contributed by atoms with Gasteiger partial charge in [0.25, 0.3) is 0 Å². The van der Waals surface area contributed by atoms with E-state index in [9.17, 15) is 4.39 Å². The Balaban J connectivity index is 2.01. The Hall–Kier alpha value is -2.73. The Bertz CT molecular complexity index is 1040. The number of fused-ring (bicyclic) bond motifs is 1. The molecule has 1 N–H and O–H groups in total. The summed E-state index contributed by atoms with van der Waals surface area (Å²) in [7, 11) is 1.52. The average Bonchev–Trinajstić information content (AvgIpc) is 3.21. The molecule has 4 rings (SSSR count). The molecule has 24 heavy (non-hydrogen) atoms. The van der Waals surface area contributed by atoms with Crippen LogP contribution in [-0.4, -0.2) is 22.3 Å². The fourth-order valence-corrected chi connectivity index (χ4v) is 3.69. The average molecular weight is 339 g/mol. The van der Waals surface area contributed by atoms with Crippen molar-refractivity contribution in [3.8, 4) is 27.4 Å². The van der Waals surface area contributed by atoms with Gasteiger partial charge in [0.05, 0.1) is 12.5 Å². The Morgan fingerprint density at radius 1 is 1.12 bits per heavy atom. The van der Waals surface area contributed by atoms with Crippen LogP contribution in [0.2, 0.25) is 0 Å². The summed E-state index contributed by atoms with van der Waals surface area (Å²) in [4.78, 5) is 6.74. The highest BCUT2D eigenvalue weighted by molar-refractivity contribution is 7.15. The van der Waals surface area contributed by atoms with E-state index in [2.05, 4.69) is 34.2 Å². The van der Waals surface area contributed by atoms with E-state index in [1.807, 2.05) is 6.07 Å². The molecule has 1 aromatic carbocycles. The predicted molar refractivity (Wildman–Crippen MR) is 93.9 cm³/mol. The van der Waals surface area contributed by atoms with Crippen LogP contribution in [0, 0.1) is 12.7 Å². The highest BCUT2D eigenvalue weighted by atomic mass is 32.1. The molecular weight excluding hydrogens is 325 g/mol. The van der Waals surface area contributed by atoms with Gasteiger partial charge in [-0.15, -0.1) is 11.3 Å². The van der Waals surface area contributed by atoms with E-state index in [0.717, 1.165) is 21.4 Å². The molecule has 0 radical (unpaired) electrons. The van der Waals surface area contributed by atoms with E-state index >= 15 is 0 Å². The molecule has 4 aromatic rings. The van der Waals surface area contributed by atoms with Gasteiger partial charge in [0, 0.05) is 33.1 Å². The van der Waals surface area contributed by atoms with Crippen molar-refractivity contribution in [3.63, 3.8) is 0 Å².